The maximum absolute atomic E-state index is 14.5. The molecule has 7 rings (SSSR count). The van der Waals surface area contributed by atoms with E-state index in [0.717, 1.165) is 63.3 Å². The number of rotatable bonds is 7. The van der Waals surface area contributed by atoms with E-state index in [9.17, 15) is 13.2 Å². The first-order valence-corrected chi connectivity index (χ1v) is 18.6. The normalized spacial score (nSPS) is 18.1. The first-order chi connectivity index (χ1) is 23.3. The van der Waals surface area contributed by atoms with Gasteiger partial charge in [0.25, 0.3) is 0 Å². The van der Waals surface area contributed by atoms with Crippen molar-refractivity contribution >= 4 is 37.8 Å². The molecule has 5 aromatic rings. The molecule has 1 aromatic heterocycles. The highest BCUT2D eigenvalue weighted by atomic mass is 32.2. The molecule has 0 N–H and O–H groups in total. The topological polar surface area (TPSA) is 104 Å². The summed E-state index contributed by atoms with van der Waals surface area (Å²) in [5.41, 5.74) is 7.37. The van der Waals surface area contributed by atoms with E-state index in [-0.39, 0.29) is 42.4 Å². The van der Waals surface area contributed by atoms with E-state index >= 15 is 0 Å². The van der Waals surface area contributed by atoms with Crippen LogP contribution < -0.4 is 4.74 Å². The molecule has 2 atom stereocenters. The Balaban J connectivity index is 1.33. The number of esters is 1. The Morgan fingerprint density at radius 1 is 1.08 bits per heavy atom. The number of aromatic nitrogens is 3. The summed E-state index contributed by atoms with van der Waals surface area (Å²) in [6.45, 7) is 10.1. The minimum absolute atomic E-state index is 0.135. The highest BCUT2D eigenvalue weighted by molar-refractivity contribution is 7.89. The molecule has 0 amide bonds. The Hall–Kier alpha value is -4.28. The van der Waals surface area contributed by atoms with Gasteiger partial charge >= 0.3 is 5.97 Å². The van der Waals surface area contributed by atoms with Gasteiger partial charge in [0, 0.05) is 24.9 Å². The summed E-state index contributed by atoms with van der Waals surface area (Å²) >= 11 is 0. The summed E-state index contributed by atoms with van der Waals surface area (Å²) in [6, 6.07) is 19.7. The molecule has 1 aliphatic carbocycles. The fraction of sp³-hybridized carbons (Fsp3) is 0.410. The smallest absolute Gasteiger partial charge is 0.307 e. The number of benzene rings is 4. The number of hydrogen-bond donors (Lipinski definition) is 0. The Morgan fingerprint density at radius 3 is 2.65 bits per heavy atom. The lowest BCUT2D eigenvalue weighted by molar-refractivity contribution is -0.155. The molecule has 0 saturated carbocycles. The van der Waals surface area contributed by atoms with Gasteiger partial charge in [0.1, 0.15) is 27.9 Å². The third-order valence-electron chi connectivity index (χ3n) is 9.93. The largest absolute Gasteiger partial charge is 0.487 e. The van der Waals surface area contributed by atoms with E-state index in [2.05, 4.69) is 28.5 Å². The molecule has 1 unspecified atom stereocenters. The molecule has 10 heteroatoms. The number of carbonyl (C=O) groups excluding carboxylic acids is 1. The molecule has 0 spiro atoms. The van der Waals surface area contributed by atoms with Crippen molar-refractivity contribution in [1.29, 1.82) is 0 Å². The van der Waals surface area contributed by atoms with Gasteiger partial charge in [-0.1, -0.05) is 60.7 Å². The monoisotopic (exact) mass is 680 g/mol. The van der Waals surface area contributed by atoms with Crippen molar-refractivity contribution in [3.8, 4) is 5.75 Å². The third-order valence-corrected chi connectivity index (χ3v) is 11.8. The van der Waals surface area contributed by atoms with Gasteiger partial charge in [-0.05, 0) is 104 Å². The first kappa shape index (κ1) is 33.2. The Labute approximate surface area is 288 Å². The van der Waals surface area contributed by atoms with Crippen molar-refractivity contribution in [2.45, 2.75) is 95.8 Å². The predicted octanol–water partition coefficient (Wildman–Crippen LogP) is 7.14. The summed E-state index contributed by atoms with van der Waals surface area (Å²) in [4.78, 5) is 13.7. The second-order valence-corrected chi connectivity index (χ2v) is 16.3. The maximum atomic E-state index is 14.5. The zero-order valence-corrected chi connectivity index (χ0v) is 29.9. The van der Waals surface area contributed by atoms with Crippen LogP contribution in [0.15, 0.2) is 65.6 Å². The van der Waals surface area contributed by atoms with E-state index in [1.165, 1.54) is 11.1 Å². The van der Waals surface area contributed by atoms with Crippen molar-refractivity contribution in [2.75, 3.05) is 6.54 Å². The molecule has 0 saturated heterocycles. The van der Waals surface area contributed by atoms with Crippen LogP contribution in [-0.2, 0) is 46.0 Å². The van der Waals surface area contributed by atoms with Gasteiger partial charge < -0.3 is 9.47 Å². The van der Waals surface area contributed by atoms with Crippen LogP contribution in [0.4, 0.5) is 0 Å². The molecule has 2 heterocycles. The average molecular weight is 681 g/mol. The van der Waals surface area contributed by atoms with Crippen molar-refractivity contribution in [3.05, 3.63) is 94.0 Å². The number of fused-ring (bicyclic) bond motifs is 5. The Morgan fingerprint density at radius 2 is 1.88 bits per heavy atom. The van der Waals surface area contributed by atoms with Crippen molar-refractivity contribution in [1.82, 2.24) is 19.3 Å². The lowest BCUT2D eigenvalue weighted by Gasteiger charge is -2.27. The van der Waals surface area contributed by atoms with Crippen LogP contribution in [0.2, 0.25) is 0 Å². The fourth-order valence-electron chi connectivity index (χ4n) is 7.52. The van der Waals surface area contributed by atoms with E-state index in [1.54, 1.807) is 15.1 Å². The standard InChI is InChI=1S/C39H44N4O5S/c1-7-29-23-43(49(45,46)35-18-15-25-11-8-9-13-32(25)38(35)47-29)22-28-20-27(19-26-12-10-14-31(26)28)33(21-36(44)48-39(3,4)5)30-16-17-34-37(24(30)2)40-41-42(34)6/h8-9,11,13,15-20,29,33H,7,10,12,14,21-23H2,1-6H3/t29-,33?/m1/s1. The zero-order valence-electron chi connectivity index (χ0n) is 29.1. The SMILES string of the molecule is CC[C@@H]1CN(Cc2cc(C(CC(=O)OC(C)(C)C)c3ccc4c(nnn4C)c3C)cc3c2CCC3)S(=O)(=O)c2ccc3ccccc3c2O1. The molecule has 1 aliphatic heterocycles. The van der Waals surface area contributed by atoms with Crippen molar-refractivity contribution in [3.63, 3.8) is 0 Å². The van der Waals surface area contributed by atoms with E-state index < -0.39 is 15.6 Å². The molecule has 4 aromatic carbocycles. The third kappa shape index (κ3) is 6.21. The van der Waals surface area contributed by atoms with Gasteiger partial charge in [-0.2, -0.15) is 4.31 Å². The van der Waals surface area contributed by atoms with Crippen LogP contribution in [0, 0.1) is 6.92 Å². The van der Waals surface area contributed by atoms with Gasteiger partial charge in [-0.15, -0.1) is 5.10 Å². The summed E-state index contributed by atoms with van der Waals surface area (Å²) in [6.07, 6.45) is 3.27. The fourth-order valence-corrected chi connectivity index (χ4v) is 9.10. The molecule has 0 bridgehead atoms. The summed E-state index contributed by atoms with van der Waals surface area (Å²) < 4.78 is 44.7. The van der Waals surface area contributed by atoms with Crippen molar-refractivity contribution in [2.24, 2.45) is 7.05 Å². The highest BCUT2D eigenvalue weighted by Crippen LogP contribution is 2.41. The van der Waals surface area contributed by atoms with Crippen LogP contribution in [0.25, 0.3) is 21.8 Å². The van der Waals surface area contributed by atoms with Gasteiger partial charge in [-0.3, -0.25) is 4.79 Å². The maximum Gasteiger partial charge on any atom is 0.307 e. The van der Waals surface area contributed by atoms with Gasteiger partial charge in [0.15, 0.2) is 0 Å². The zero-order chi connectivity index (χ0) is 34.7. The molecular weight excluding hydrogens is 637 g/mol. The molecular formula is C39H44N4O5S. The number of nitrogens with zero attached hydrogens (tertiary/aromatic N) is 4. The van der Waals surface area contributed by atoms with E-state index in [0.29, 0.717) is 12.2 Å². The lowest BCUT2D eigenvalue weighted by atomic mass is 9.83. The van der Waals surface area contributed by atoms with Gasteiger partial charge in [-0.25, -0.2) is 13.1 Å². The molecule has 49 heavy (non-hydrogen) atoms. The number of aryl methyl sites for hydroxylation is 3. The quantitative estimate of drug-likeness (QED) is 0.168. The second kappa shape index (κ2) is 12.6. The van der Waals surface area contributed by atoms with Crippen LogP contribution in [0.1, 0.15) is 86.3 Å². The summed E-state index contributed by atoms with van der Waals surface area (Å²) in [5.74, 6) is -0.191. The molecule has 256 valence electrons. The minimum Gasteiger partial charge on any atom is -0.487 e. The molecule has 2 aliphatic rings. The molecule has 0 fully saturated rings. The number of ether oxygens (including phenoxy) is 2. The van der Waals surface area contributed by atoms with Crippen LogP contribution in [0.5, 0.6) is 5.75 Å². The molecule has 9 nitrogen and oxygen atoms in total. The predicted molar refractivity (Wildman–Crippen MR) is 190 cm³/mol. The Kier molecular flexibility index (Phi) is 8.51. The first-order valence-electron chi connectivity index (χ1n) is 17.2. The number of sulfonamides is 1. The van der Waals surface area contributed by atoms with Crippen LogP contribution in [-0.4, -0.2) is 51.9 Å². The van der Waals surface area contributed by atoms with Crippen molar-refractivity contribution < 1.29 is 22.7 Å². The van der Waals surface area contributed by atoms with Crippen LogP contribution >= 0.6 is 0 Å². The number of hydrogen-bond acceptors (Lipinski definition) is 7. The van der Waals surface area contributed by atoms with E-state index in [1.807, 2.05) is 78.1 Å². The lowest BCUT2D eigenvalue weighted by Crippen LogP contribution is -2.36. The average Bonchev–Trinajstić information content (AvgIpc) is 3.67. The number of carbonyl (C=O) groups is 1. The minimum atomic E-state index is -3.91. The second-order valence-electron chi connectivity index (χ2n) is 14.4. The van der Waals surface area contributed by atoms with Crippen LogP contribution in [0.3, 0.4) is 0 Å². The Bertz CT molecular complexity index is 2200. The van der Waals surface area contributed by atoms with E-state index in [4.69, 9.17) is 9.47 Å². The summed E-state index contributed by atoms with van der Waals surface area (Å²) in [7, 11) is -2.04. The van der Waals surface area contributed by atoms with Gasteiger partial charge in [0.2, 0.25) is 10.0 Å². The summed E-state index contributed by atoms with van der Waals surface area (Å²) in [5, 5.41) is 10.4. The highest BCUT2D eigenvalue weighted by Gasteiger charge is 2.36. The van der Waals surface area contributed by atoms with Gasteiger partial charge in [0.05, 0.1) is 18.5 Å². The molecule has 0 radical (unpaired) electrons.